The molecule has 0 bridgehead atoms. The number of aliphatic hydroxyl groups excluding tert-OH is 1. The van der Waals surface area contributed by atoms with Gasteiger partial charge in [-0.05, 0) is 24.4 Å². The molecule has 0 saturated carbocycles. The van der Waals surface area contributed by atoms with Gasteiger partial charge in [-0.15, -0.1) is 0 Å². The van der Waals surface area contributed by atoms with E-state index in [-0.39, 0.29) is 14.9 Å². The molecule has 0 aromatic rings. The molecule has 0 radical (unpaired) electrons. The van der Waals surface area contributed by atoms with Gasteiger partial charge in [0.25, 0.3) is 0 Å². The first-order chi connectivity index (χ1) is 5.50. The number of carbonyl (C=O) groups excluding carboxylic acids is 1. The average molecular weight is 210 g/mol. The van der Waals surface area contributed by atoms with Crippen molar-refractivity contribution in [3.05, 3.63) is 0 Å². The van der Waals surface area contributed by atoms with Crippen LogP contribution in [-0.4, -0.2) is 26.6 Å². The Morgan fingerprint density at radius 2 is 2.17 bits per heavy atom. The highest BCUT2D eigenvalue weighted by molar-refractivity contribution is 8.45. The first-order valence-electron chi connectivity index (χ1n) is 3.69. The number of hydrogen-bond acceptors (Lipinski definition) is 3. The van der Waals surface area contributed by atoms with Gasteiger partial charge in [-0.3, -0.25) is 0 Å². The van der Waals surface area contributed by atoms with E-state index in [1.807, 2.05) is 13.8 Å². The number of aliphatic hydroxyl groups is 1. The number of rotatable bonds is 2. The van der Waals surface area contributed by atoms with Crippen molar-refractivity contribution in [3.8, 4) is 0 Å². The molecule has 5 heteroatoms. The van der Waals surface area contributed by atoms with E-state index in [2.05, 4.69) is 12.2 Å². The molecule has 3 nitrogen and oxygen atoms in total. The highest BCUT2D eigenvalue weighted by atomic mass is 32.2. The van der Waals surface area contributed by atoms with Crippen LogP contribution < -0.4 is 0 Å². The molecule has 0 aliphatic carbocycles. The van der Waals surface area contributed by atoms with Crippen molar-refractivity contribution in [3.63, 3.8) is 0 Å². The van der Waals surface area contributed by atoms with Crippen LogP contribution in [0.25, 0.3) is 0 Å². The third-order valence-corrected chi connectivity index (χ3v) is 3.74. The summed E-state index contributed by atoms with van der Waals surface area (Å²) in [5.41, 5.74) is 0. The molecule has 1 atom stereocenters. The lowest BCUT2D eigenvalue weighted by Crippen LogP contribution is -2.15. The normalized spacial score (nSPS) is 14.2. The van der Waals surface area contributed by atoms with E-state index in [4.69, 9.17) is 9.84 Å². The lowest BCUT2D eigenvalue weighted by molar-refractivity contribution is 0.181. The van der Waals surface area contributed by atoms with Gasteiger partial charge in [0.1, 0.15) is 0 Å². The highest BCUT2D eigenvalue weighted by Crippen LogP contribution is 2.34. The van der Waals surface area contributed by atoms with Crippen LogP contribution in [-0.2, 0) is 4.74 Å². The van der Waals surface area contributed by atoms with E-state index < -0.39 is 10.9 Å². The molecule has 1 N–H and O–H groups in total. The van der Waals surface area contributed by atoms with Crippen molar-refractivity contribution in [2.24, 2.45) is 0 Å². The second-order valence-electron chi connectivity index (χ2n) is 2.45. The lowest BCUT2D eigenvalue weighted by atomic mass is 10.6. The van der Waals surface area contributed by atoms with Crippen LogP contribution >= 0.6 is 23.1 Å². The average Bonchev–Trinajstić information content (AvgIpc) is 1.85. The van der Waals surface area contributed by atoms with E-state index >= 15 is 0 Å². The molecule has 0 saturated heterocycles. The third kappa shape index (κ3) is 3.40. The third-order valence-electron chi connectivity index (χ3n) is 1.19. The van der Waals surface area contributed by atoms with E-state index in [0.29, 0.717) is 6.61 Å². The molecular weight excluding hydrogens is 196 g/mol. The number of thiol groups is 1. The summed E-state index contributed by atoms with van der Waals surface area (Å²) >= 11 is 4.57. The molecule has 0 amide bonds. The molecule has 0 aliphatic rings. The van der Waals surface area contributed by atoms with Gasteiger partial charge in [0.15, 0.2) is 0 Å². The Kier molecular flexibility index (Phi) is 5.24. The molecule has 12 heavy (non-hydrogen) atoms. The van der Waals surface area contributed by atoms with E-state index in [1.54, 1.807) is 6.92 Å². The number of hydrogen-bond donors (Lipinski definition) is 2. The molecule has 0 rings (SSSR count). The van der Waals surface area contributed by atoms with Gasteiger partial charge in [-0.2, -0.15) is 0 Å². The van der Waals surface area contributed by atoms with Gasteiger partial charge < -0.3 is 9.84 Å². The summed E-state index contributed by atoms with van der Waals surface area (Å²) in [6, 6.07) is 0. The van der Waals surface area contributed by atoms with Crippen molar-refractivity contribution >= 4 is 32.8 Å². The second-order valence-corrected chi connectivity index (χ2v) is 5.70. The van der Waals surface area contributed by atoms with Crippen LogP contribution in [0.1, 0.15) is 20.8 Å². The lowest BCUT2D eigenvalue weighted by Gasteiger charge is -2.20. The molecule has 0 fully saturated rings. The zero-order chi connectivity index (χ0) is 9.72. The SMILES string of the molecule is CCOC(=O)[SH](C(O)=S)C(C)C. The smallest absolute Gasteiger partial charge is 0.354 e. The summed E-state index contributed by atoms with van der Waals surface area (Å²) in [6.45, 7) is 5.73. The molecule has 72 valence electrons. The maximum Gasteiger partial charge on any atom is 0.354 e. The second kappa shape index (κ2) is 5.37. The summed E-state index contributed by atoms with van der Waals surface area (Å²) in [5.74, 6) is 0. The Hall–Kier alpha value is -0.290. The fourth-order valence-corrected chi connectivity index (χ4v) is 2.85. The minimum Gasteiger partial charge on any atom is -0.495 e. The summed E-state index contributed by atoms with van der Waals surface area (Å²) in [7, 11) is -1.32. The van der Waals surface area contributed by atoms with Crippen molar-refractivity contribution in [1.29, 1.82) is 0 Å². The van der Waals surface area contributed by atoms with E-state index in [1.165, 1.54) is 0 Å². The molecule has 0 spiro atoms. The minimum absolute atomic E-state index is 0.0385. The maximum absolute atomic E-state index is 11.2. The summed E-state index contributed by atoms with van der Waals surface area (Å²) in [4.78, 5) is 11.2. The van der Waals surface area contributed by atoms with Crippen LogP contribution in [0.3, 0.4) is 0 Å². The topological polar surface area (TPSA) is 46.5 Å². The van der Waals surface area contributed by atoms with Crippen LogP contribution in [0.5, 0.6) is 0 Å². The first-order valence-corrected chi connectivity index (χ1v) is 5.51. The number of ether oxygens (including phenoxy) is 1. The quantitative estimate of drug-likeness (QED) is 0.417. The standard InChI is InChI=1S/C7H14O3S2/c1-4-10-6(8)12(5(2)3)7(9)11/h5,12H,4H2,1-3H3,(H,9,11). The van der Waals surface area contributed by atoms with Gasteiger partial charge in [0, 0.05) is 0 Å². The van der Waals surface area contributed by atoms with Crippen LogP contribution in [0.4, 0.5) is 4.79 Å². The minimum atomic E-state index is -1.32. The van der Waals surface area contributed by atoms with Crippen LogP contribution in [0.15, 0.2) is 0 Å². The zero-order valence-corrected chi connectivity index (χ0v) is 9.11. The molecule has 0 aliphatic heterocycles. The van der Waals surface area contributed by atoms with Crippen molar-refractivity contribution in [1.82, 2.24) is 0 Å². The van der Waals surface area contributed by atoms with Crippen LogP contribution in [0.2, 0.25) is 0 Å². The molecule has 0 aromatic heterocycles. The monoisotopic (exact) mass is 210 g/mol. The van der Waals surface area contributed by atoms with Gasteiger partial charge in [0.2, 0.25) is 4.38 Å². The summed E-state index contributed by atoms with van der Waals surface area (Å²) in [5, 5.41) is 8.70. The predicted octanol–water partition coefficient (Wildman–Crippen LogP) is 2.40. The van der Waals surface area contributed by atoms with Gasteiger partial charge in [-0.25, -0.2) is 4.79 Å². The fraction of sp³-hybridized carbons (Fsp3) is 0.714. The highest BCUT2D eigenvalue weighted by Gasteiger charge is 2.22. The molecule has 0 heterocycles. The van der Waals surface area contributed by atoms with Crippen molar-refractivity contribution in [2.45, 2.75) is 26.0 Å². The van der Waals surface area contributed by atoms with Crippen molar-refractivity contribution in [2.75, 3.05) is 6.61 Å². The Morgan fingerprint density at radius 3 is 2.42 bits per heavy atom. The zero-order valence-electron chi connectivity index (χ0n) is 7.40. The Balaban J connectivity index is 4.30. The van der Waals surface area contributed by atoms with Crippen molar-refractivity contribution < 1.29 is 14.6 Å². The maximum atomic E-state index is 11.2. The molecule has 0 aromatic carbocycles. The van der Waals surface area contributed by atoms with E-state index in [9.17, 15) is 4.79 Å². The Bertz CT molecular complexity index is 179. The van der Waals surface area contributed by atoms with Crippen LogP contribution in [0, 0.1) is 0 Å². The Labute approximate surface area is 80.4 Å². The fourth-order valence-electron chi connectivity index (χ4n) is 0.703. The summed E-state index contributed by atoms with van der Waals surface area (Å²) < 4.78 is 4.55. The molecule has 1 unspecified atom stereocenters. The first kappa shape index (κ1) is 11.7. The Morgan fingerprint density at radius 1 is 1.67 bits per heavy atom. The van der Waals surface area contributed by atoms with Gasteiger partial charge in [0.05, 0.1) is 6.61 Å². The number of carbonyl (C=O) groups is 1. The van der Waals surface area contributed by atoms with E-state index in [0.717, 1.165) is 0 Å². The largest absolute Gasteiger partial charge is 0.495 e. The number of thiocarbonyl (C=S) groups is 1. The van der Waals surface area contributed by atoms with Gasteiger partial charge >= 0.3 is 5.30 Å². The molecular formula is C7H14O3S2. The summed E-state index contributed by atoms with van der Waals surface area (Å²) in [6.07, 6.45) is 0. The van der Waals surface area contributed by atoms with Gasteiger partial charge in [-0.1, -0.05) is 24.7 Å². The predicted molar refractivity (Wildman–Crippen MR) is 56.4 cm³/mol.